The molecule has 1 unspecified atom stereocenters. The van der Waals surface area contributed by atoms with Crippen LogP contribution in [0.5, 0.6) is 0 Å². The van der Waals surface area contributed by atoms with E-state index in [1.807, 2.05) is 24.3 Å². The van der Waals surface area contributed by atoms with Crippen LogP contribution in [-0.2, 0) is 32.7 Å². The number of hydrogen-bond donors (Lipinski definition) is 3. The number of phosphoric acid groups is 1. The first-order valence-electron chi connectivity index (χ1n) is 23.2. The molecular weight excluding hydrogens is 753 g/mol. The van der Waals surface area contributed by atoms with Crippen molar-refractivity contribution >= 4 is 19.8 Å². The lowest BCUT2D eigenvalue weighted by atomic mass is 10.0. The van der Waals surface area contributed by atoms with Crippen LogP contribution in [0.1, 0.15) is 200 Å². The van der Waals surface area contributed by atoms with Crippen molar-refractivity contribution in [2.24, 2.45) is 5.73 Å². The summed E-state index contributed by atoms with van der Waals surface area (Å²) in [7, 11) is -4.40. The third kappa shape index (κ3) is 42.1. The molecule has 0 bridgehead atoms. The molecule has 0 spiro atoms. The van der Waals surface area contributed by atoms with Crippen LogP contribution in [0.15, 0.2) is 48.6 Å². The number of aliphatic hydroxyl groups excluding tert-OH is 1. The summed E-state index contributed by atoms with van der Waals surface area (Å²) >= 11 is 0. The number of nitrogens with two attached hydrogens (primary N) is 1. The van der Waals surface area contributed by atoms with E-state index in [4.69, 9.17) is 24.3 Å². The lowest BCUT2D eigenvalue weighted by Crippen LogP contribution is -2.29. The first-order valence-corrected chi connectivity index (χ1v) is 24.7. The summed E-state index contributed by atoms with van der Waals surface area (Å²) in [6.07, 6.45) is 46.3. The smallest absolute Gasteiger partial charge is 0.462 e. The largest absolute Gasteiger partial charge is 0.472 e. The fraction of sp³-hybridized carbons (Fsp3) is 0.787. The lowest BCUT2D eigenvalue weighted by Gasteiger charge is -2.19. The number of hydrogen-bond acceptors (Lipinski definition) is 9. The zero-order chi connectivity index (χ0) is 42.6. The molecule has 338 valence electrons. The predicted octanol–water partition coefficient (Wildman–Crippen LogP) is 12.5. The van der Waals surface area contributed by atoms with Gasteiger partial charge in [-0.05, 0) is 44.9 Å². The second kappa shape index (κ2) is 43.0. The normalized spacial score (nSPS) is 14.2. The second-order valence-corrected chi connectivity index (χ2v) is 16.9. The number of aliphatic hydroxyl groups is 1. The Morgan fingerprint density at radius 3 is 1.57 bits per heavy atom. The number of unbranched alkanes of at least 4 members (excludes halogenated alkanes) is 20. The fourth-order valence-corrected chi connectivity index (χ4v) is 7.06. The number of allylic oxidation sites excluding steroid dienone is 7. The minimum Gasteiger partial charge on any atom is -0.462 e. The van der Waals surface area contributed by atoms with Gasteiger partial charge in [-0.25, -0.2) is 4.57 Å². The van der Waals surface area contributed by atoms with Crippen LogP contribution in [0, 0.1) is 0 Å². The summed E-state index contributed by atoms with van der Waals surface area (Å²) < 4.78 is 32.7. The highest BCUT2D eigenvalue weighted by Crippen LogP contribution is 2.43. The number of ether oxygens (including phenoxy) is 2. The molecule has 4 N–H and O–H groups in total. The minimum absolute atomic E-state index is 0.0376. The van der Waals surface area contributed by atoms with Crippen LogP contribution >= 0.6 is 7.82 Å². The summed E-state index contributed by atoms with van der Waals surface area (Å²) in [6.45, 7) is 3.52. The van der Waals surface area contributed by atoms with Crippen molar-refractivity contribution in [1.82, 2.24) is 0 Å². The van der Waals surface area contributed by atoms with E-state index >= 15 is 0 Å². The number of rotatable bonds is 43. The first kappa shape index (κ1) is 55.9. The van der Waals surface area contributed by atoms with E-state index in [2.05, 4.69) is 38.2 Å². The van der Waals surface area contributed by atoms with E-state index < -0.39 is 32.5 Å². The standard InChI is InChI=1S/C47H86NO9P/c1-3-5-7-8-9-10-11-12-13-14-15-16-17-18-22-25-28-31-34-38-46(50)54-42-45(43-56-58(52,53)55-41-40-48)57-47(51)39-35-32-29-26-23-20-19-21-24-27-30-33-37-44(49)36-6-4-2/h19-20,24,26-27,29,33,37,44-45,49H,3-18,21-23,25,28,30-32,34-36,38-43,48H2,1-2H3,(H,52,53)/b20-19-,27-24-,29-26-,37-33-/t44-,45-/m1/s1. The molecule has 11 heteroatoms. The number of esters is 2. The molecule has 3 atom stereocenters. The molecule has 0 radical (unpaired) electrons. The lowest BCUT2D eigenvalue weighted by molar-refractivity contribution is -0.161. The summed E-state index contributed by atoms with van der Waals surface area (Å²) in [4.78, 5) is 34.9. The van der Waals surface area contributed by atoms with Crippen molar-refractivity contribution in [3.63, 3.8) is 0 Å². The summed E-state index contributed by atoms with van der Waals surface area (Å²) in [6, 6.07) is 0. The Morgan fingerprint density at radius 1 is 0.586 bits per heavy atom. The van der Waals surface area contributed by atoms with Crippen LogP contribution in [-0.4, -0.2) is 60.5 Å². The van der Waals surface area contributed by atoms with Gasteiger partial charge in [0.25, 0.3) is 0 Å². The minimum atomic E-state index is -4.40. The van der Waals surface area contributed by atoms with Crippen LogP contribution in [0.25, 0.3) is 0 Å². The maximum absolute atomic E-state index is 12.6. The molecule has 0 fully saturated rings. The number of phosphoric ester groups is 1. The van der Waals surface area contributed by atoms with Crippen molar-refractivity contribution in [2.45, 2.75) is 212 Å². The number of carbonyl (C=O) groups is 2. The summed E-state index contributed by atoms with van der Waals surface area (Å²) in [5, 5.41) is 9.82. The Labute approximate surface area is 354 Å². The van der Waals surface area contributed by atoms with Gasteiger partial charge in [0.2, 0.25) is 0 Å². The van der Waals surface area contributed by atoms with Gasteiger partial charge < -0.3 is 25.2 Å². The average Bonchev–Trinajstić information content (AvgIpc) is 3.21. The highest BCUT2D eigenvalue weighted by molar-refractivity contribution is 7.47. The topological polar surface area (TPSA) is 155 Å². The van der Waals surface area contributed by atoms with Crippen molar-refractivity contribution in [1.29, 1.82) is 0 Å². The van der Waals surface area contributed by atoms with E-state index in [0.29, 0.717) is 12.8 Å². The quantitative estimate of drug-likeness (QED) is 0.0234. The van der Waals surface area contributed by atoms with Gasteiger partial charge in [0.1, 0.15) is 6.61 Å². The third-order valence-electron chi connectivity index (χ3n) is 9.79. The SMILES string of the molecule is CCCCCCCCCCCCCCCCCCCCCC(=O)OC[C@H](COP(=O)(O)OCCN)OC(=O)CCC/C=C\C/C=C\C/C=C\C/C=C\[C@H](O)CCCC. The Hall–Kier alpha value is -2.07. The Kier molecular flexibility index (Phi) is 41.5. The van der Waals surface area contributed by atoms with Gasteiger partial charge in [0.05, 0.1) is 19.3 Å². The molecule has 0 aliphatic carbocycles. The van der Waals surface area contributed by atoms with Crippen LogP contribution < -0.4 is 5.73 Å². The molecule has 0 saturated carbocycles. The molecule has 0 heterocycles. The van der Waals surface area contributed by atoms with E-state index in [9.17, 15) is 24.2 Å². The first-order chi connectivity index (χ1) is 28.2. The Bertz CT molecular complexity index is 1110. The van der Waals surface area contributed by atoms with Gasteiger partial charge in [-0.3, -0.25) is 18.6 Å². The maximum atomic E-state index is 12.6. The summed E-state index contributed by atoms with van der Waals surface area (Å²) in [5.74, 6) is -0.912. The monoisotopic (exact) mass is 840 g/mol. The van der Waals surface area contributed by atoms with Gasteiger partial charge in [0, 0.05) is 19.4 Å². The highest BCUT2D eigenvalue weighted by Gasteiger charge is 2.26. The average molecular weight is 840 g/mol. The molecule has 0 aliphatic heterocycles. The molecule has 0 rings (SSSR count). The molecular formula is C47H86NO9P. The molecule has 0 aliphatic rings. The Morgan fingerprint density at radius 2 is 1.05 bits per heavy atom. The Balaban J connectivity index is 4.20. The van der Waals surface area contributed by atoms with Gasteiger partial charge in [0.15, 0.2) is 6.10 Å². The zero-order valence-electron chi connectivity index (χ0n) is 36.9. The van der Waals surface area contributed by atoms with E-state index in [1.54, 1.807) is 0 Å². The fourth-order valence-electron chi connectivity index (χ4n) is 6.29. The maximum Gasteiger partial charge on any atom is 0.472 e. The second-order valence-electron chi connectivity index (χ2n) is 15.4. The van der Waals surface area contributed by atoms with Crippen LogP contribution in [0.3, 0.4) is 0 Å². The highest BCUT2D eigenvalue weighted by atomic mass is 31.2. The molecule has 0 amide bonds. The van der Waals surface area contributed by atoms with Gasteiger partial charge in [-0.1, -0.05) is 191 Å². The molecule has 0 aromatic heterocycles. The van der Waals surface area contributed by atoms with Gasteiger partial charge in [-0.2, -0.15) is 0 Å². The molecule has 0 saturated heterocycles. The van der Waals surface area contributed by atoms with Gasteiger partial charge in [-0.15, -0.1) is 0 Å². The number of carbonyl (C=O) groups excluding carboxylic acids is 2. The van der Waals surface area contributed by atoms with Crippen LogP contribution in [0.4, 0.5) is 0 Å². The van der Waals surface area contributed by atoms with Crippen molar-refractivity contribution in [3.05, 3.63) is 48.6 Å². The zero-order valence-corrected chi connectivity index (χ0v) is 37.8. The van der Waals surface area contributed by atoms with Gasteiger partial charge >= 0.3 is 19.8 Å². The third-order valence-corrected chi connectivity index (χ3v) is 10.8. The molecule has 58 heavy (non-hydrogen) atoms. The molecule has 0 aromatic rings. The van der Waals surface area contributed by atoms with E-state index in [-0.39, 0.29) is 38.7 Å². The van der Waals surface area contributed by atoms with E-state index in [0.717, 1.165) is 57.8 Å². The molecule has 0 aromatic carbocycles. The summed E-state index contributed by atoms with van der Waals surface area (Å²) in [5.41, 5.74) is 5.35. The van der Waals surface area contributed by atoms with E-state index in [1.165, 1.54) is 103 Å². The van der Waals surface area contributed by atoms with Crippen molar-refractivity contribution < 1.29 is 42.7 Å². The van der Waals surface area contributed by atoms with Crippen LogP contribution in [0.2, 0.25) is 0 Å². The van der Waals surface area contributed by atoms with Crippen molar-refractivity contribution in [2.75, 3.05) is 26.4 Å². The van der Waals surface area contributed by atoms with Crippen molar-refractivity contribution in [3.8, 4) is 0 Å². The molecule has 10 nitrogen and oxygen atoms in total. The predicted molar refractivity (Wildman–Crippen MR) is 239 cm³/mol.